The predicted molar refractivity (Wildman–Crippen MR) is 80.4 cm³/mol. The summed E-state index contributed by atoms with van der Waals surface area (Å²) in [6.45, 7) is 2.69. The summed E-state index contributed by atoms with van der Waals surface area (Å²) in [6.07, 6.45) is 0. The number of nitrogens with one attached hydrogen (secondary N) is 1. The van der Waals surface area contributed by atoms with Gasteiger partial charge in [-0.05, 0) is 54.6 Å². The van der Waals surface area contributed by atoms with Crippen molar-refractivity contribution in [3.63, 3.8) is 0 Å². The van der Waals surface area contributed by atoms with Gasteiger partial charge in [0.2, 0.25) is 10.0 Å². The van der Waals surface area contributed by atoms with Crippen molar-refractivity contribution < 1.29 is 8.42 Å². The molecule has 0 aliphatic rings. The summed E-state index contributed by atoms with van der Waals surface area (Å²) in [7, 11) is 0.306. The van der Waals surface area contributed by atoms with Crippen molar-refractivity contribution >= 4 is 26.0 Å². The Bertz CT molecular complexity index is 532. The summed E-state index contributed by atoms with van der Waals surface area (Å²) < 4.78 is 27.5. The fraction of sp³-hybridized carbons (Fsp3) is 0.500. The van der Waals surface area contributed by atoms with Crippen molar-refractivity contribution in [2.24, 2.45) is 5.73 Å². The molecule has 0 saturated heterocycles. The van der Waals surface area contributed by atoms with Gasteiger partial charge in [0.1, 0.15) is 0 Å². The highest BCUT2D eigenvalue weighted by Gasteiger charge is 2.18. The highest BCUT2D eigenvalue weighted by atomic mass is 79.9. The third kappa shape index (κ3) is 4.54. The topological polar surface area (TPSA) is 75.4 Å². The lowest BCUT2D eigenvalue weighted by atomic mass is 10.2. The molecule has 0 aliphatic heterocycles. The molecule has 0 radical (unpaired) electrons. The first-order valence-corrected chi connectivity index (χ1v) is 8.20. The van der Waals surface area contributed by atoms with Gasteiger partial charge >= 0.3 is 0 Å². The molecular weight excluding hydrogens is 330 g/mol. The van der Waals surface area contributed by atoms with Crippen molar-refractivity contribution in [2.75, 3.05) is 20.6 Å². The van der Waals surface area contributed by atoms with E-state index in [-0.39, 0.29) is 10.9 Å². The molecule has 19 heavy (non-hydrogen) atoms. The summed E-state index contributed by atoms with van der Waals surface area (Å²) in [6, 6.07) is 5.13. The maximum Gasteiger partial charge on any atom is 0.241 e. The molecule has 108 valence electrons. The minimum absolute atomic E-state index is 0.122. The molecule has 0 spiro atoms. The van der Waals surface area contributed by atoms with Crippen LogP contribution in [0.2, 0.25) is 0 Å². The van der Waals surface area contributed by atoms with Crippen LogP contribution in [0.4, 0.5) is 0 Å². The number of benzene rings is 1. The maximum absolute atomic E-state index is 12.2. The summed E-state index contributed by atoms with van der Waals surface area (Å²) in [5, 5.41) is 0. The Morgan fingerprint density at radius 3 is 2.53 bits per heavy atom. The van der Waals surface area contributed by atoms with Crippen LogP contribution in [0.3, 0.4) is 0 Å². The van der Waals surface area contributed by atoms with Crippen LogP contribution in [0.5, 0.6) is 0 Å². The molecule has 3 N–H and O–H groups in total. The Kier molecular flexibility index (Phi) is 5.94. The lowest BCUT2D eigenvalue weighted by Gasteiger charge is -2.20. The van der Waals surface area contributed by atoms with E-state index >= 15 is 0 Å². The summed E-state index contributed by atoms with van der Waals surface area (Å²) in [5.41, 5.74) is 6.40. The highest BCUT2D eigenvalue weighted by molar-refractivity contribution is 9.10. The molecule has 1 unspecified atom stereocenters. The zero-order chi connectivity index (χ0) is 14.6. The molecule has 0 bridgehead atoms. The number of likely N-dealkylation sites (N-methyl/N-ethyl adjacent to an activating group) is 1. The van der Waals surface area contributed by atoms with Crippen molar-refractivity contribution in [3.8, 4) is 0 Å². The monoisotopic (exact) mass is 349 g/mol. The fourth-order valence-corrected chi connectivity index (χ4v) is 3.62. The normalized spacial score (nSPS) is 13.8. The Hall–Kier alpha value is -0.470. The largest absolute Gasteiger partial charge is 0.326 e. The van der Waals surface area contributed by atoms with E-state index in [9.17, 15) is 8.42 Å². The highest BCUT2D eigenvalue weighted by Crippen LogP contribution is 2.23. The van der Waals surface area contributed by atoms with Crippen LogP contribution >= 0.6 is 15.9 Å². The van der Waals surface area contributed by atoms with Gasteiger partial charge in [-0.25, -0.2) is 13.1 Å². The molecule has 0 aliphatic carbocycles. The summed E-state index contributed by atoms with van der Waals surface area (Å²) in [4.78, 5) is 2.19. The van der Waals surface area contributed by atoms with Gasteiger partial charge in [-0.2, -0.15) is 0 Å². The van der Waals surface area contributed by atoms with Gasteiger partial charge in [0, 0.05) is 23.6 Å². The molecule has 0 aromatic heterocycles. The van der Waals surface area contributed by atoms with Crippen LogP contribution in [-0.2, 0) is 16.6 Å². The van der Waals surface area contributed by atoms with E-state index in [1.165, 1.54) is 0 Å². The van der Waals surface area contributed by atoms with Gasteiger partial charge in [0.15, 0.2) is 0 Å². The van der Waals surface area contributed by atoms with E-state index < -0.39 is 10.0 Å². The van der Waals surface area contributed by atoms with Crippen molar-refractivity contribution in [1.29, 1.82) is 0 Å². The minimum atomic E-state index is -3.51. The average molecular weight is 350 g/mol. The first kappa shape index (κ1) is 16.6. The van der Waals surface area contributed by atoms with Gasteiger partial charge in [-0.3, -0.25) is 0 Å². The second kappa shape index (κ2) is 6.81. The van der Waals surface area contributed by atoms with E-state index in [0.717, 1.165) is 5.56 Å². The number of hydrogen-bond acceptors (Lipinski definition) is 4. The molecule has 0 fully saturated rings. The first-order valence-electron chi connectivity index (χ1n) is 5.92. The third-order valence-electron chi connectivity index (χ3n) is 2.97. The molecule has 5 nitrogen and oxygen atoms in total. The van der Waals surface area contributed by atoms with E-state index in [2.05, 4.69) is 20.7 Å². The second-order valence-electron chi connectivity index (χ2n) is 4.63. The lowest BCUT2D eigenvalue weighted by Crippen LogP contribution is -2.38. The van der Waals surface area contributed by atoms with Crippen LogP contribution < -0.4 is 10.5 Å². The number of sulfonamides is 1. The number of hydrogen-bond donors (Lipinski definition) is 2. The molecular formula is C12H20BrN3O2S. The van der Waals surface area contributed by atoms with E-state index in [1.807, 2.05) is 25.9 Å². The van der Waals surface area contributed by atoms with E-state index in [0.29, 0.717) is 17.6 Å². The summed E-state index contributed by atoms with van der Waals surface area (Å²) >= 11 is 3.27. The Labute approximate surface area is 123 Å². The zero-order valence-corrected chi connectivity index (χ0v) is 13.8. The number of rotatable bonds is 6. The Morgan fingerprint density at radius 1 is 1.42 bits per heavy atom. The number of halogens is 1. The van der Waals surface area contributed by atoms with Gasteiger partial charge < -0.3 is 10.6 Å². The van der Waals surface area contributed by atoms with Gasteiger partial charge in [0.25, 0.3) is 0 Å². The number of nitrogens with two attached hydrogens (primary N) is 1. The zero-order valence-electron chi connectivity index (χ0n) is 11.4. The molecule has 1 aromatic rings. The number of nitrogens with zero attached hydrogens (tertiary/aromatic N) is 1. The predicted octanol–water partition coefficient (Wildman–Crippen LogP) is 1.14. The van der Waals surface area contributed by atoms with Gasteiger partial charge in [-0.1, -0.05) is 6.07 Å². The standard InChI is InChI=1S/C12H20BrN3O2S/c1-9(16(2)3)8-15-19(17,18)12-5-4-10(7-14)6-11(12)13/h4-6,9,15H,7-8,14H2,1-3H3. The molecule has 1 atom stereocenters. The van der Waals surface area contributed by atoms with Gasteiger partial charge in [0.05, 0.1) is 4.90 Å². The molecule has 1 aromatic carbocycles. The fourth-order valence-electron chi connectivity index (χ4n) is 1.38. The van der Waals surface area contributed by atoms with E-state index in [4.69, 9.17) is 5.73 Å². The molecule has 0 saturated carbocycles. The average Bonchev–Trinajstić information content (AvgIpc) is 2.35. The van der Waals surface area contributed by atoms with Crippen LogP contribution in [-0.4, -0.2) is 40.0 Å². The van der Waals surface area contributed by atoms with Crippen LogP contribution in [0.1, 0.15) is 12.5 Å². The van der Waals surface area contributed by atoms with Crippen LogP contribution in [0, 0.1) is 0 Å². The maximum atomic E-state index is 12.2. The smallest absolute Gasteiger partial charge is 0.241 e. The summed E-state index contributed by atoms with van der Waals surface area (Å²) in [5.74, 6) is 0. The van der Waals surface area contributed by atoms with Crippen molar-refractivity contribution in [1.82, 2.24) is 9.62 Å². The SMILES string of the molecule is CC(CNS(=O)(=O)c1ccc(CN)cc1Br)N(C)C. The van der Waals surface area contributed by atoms with E-state index in [1.54, 1.807) is 18.2 Å². The Morgan fingerprint density at radius 2 is 2.05 bits per heavy atom. The molecule has 0 amide bonds. The molecule has 1 rings (SSSR count). The third-order valence-corrected chi connectivity index (χ3v) is 5.37. The lowest BCUT2D eigenvalue weighted by molar-refractivity contribution is 0.314. The first-order chi connectivity index (χ1) is 8.77. The minimum Gasteiger partial charge on any atom is -0.326 e. The van der Waals surface area contributed by atoms with Gasteiger partial charge in [-0.15, -0.1) is 0 Å². The van der Waals surface area contributed by atoms with Crippen LogP contribution in [0.15, 0.2) is 27.6 Å². The van der Waals surface area contributed by atoms with Crippen molar-refractivity contribution in [2.45, 2.75) is 24.4 Å². The molecule has 7 heteroatoms. The Balaban J connectivity index is 2.89. The van der Waals surface area contributed by atoms with Crippen molar-refractivity contribution in [3.05, 3.63) is 28.2 Å². The molecule has 0 heterocycles. The quantitative estimate of drug-likeness (QED) is 0.807. The van der Waals surface area contributed by atoms with Crippen LogP contribution in [0.25, 0.3) is 0 Å². The second-order valence-corrected chi connectivity index (χ2v) is 7.22.